The lowest BCUT2D eigenvalue weighted by molar-refractivity contribution is 0.601. The van der Waals surface area contributed by atoms with Gasteiger partial charge in [0.1, 0.15) is 11.6 Å². The maximum absolute atomic E-state index is 14.1. The van der Waals surface area contributed by atoms with Gasteiger partial charge in [0.25, 0.3) is 0 Å². The average Bonchev–Trinajstić information content (AvgIpc) is 3.22. The van der Waals surface area contributed by atoms with Crippen molar-refractivity contribution >= 4 is 10.9 Å². The van der Waals surface area contributed by atoms with Gasteiger partial charge in [-0.05, 0) is 43.0 Å². The zero-order valence-electron chi connectivity index (χ0n) is 16.1. The van der Waals surface area contributed by atoms with Gasteiger partial charge in [-0.2, -0.15) is 5.10 Å². The van der Waals surface area contributed by atoms with Crippen molar-refractivity contribution in [1.82, 2.24) is 19.7 Å². The highest BCUT2D eigenvalue weighted by molar-refractivity contribution is 5.85. The molecule has 4 nitrogen and oxygen atoms in total. The first-order valence-corrected chi connectivity index (χ1v) is 9.38. The SMILES string of the molecule is Cc1[nH]c2c(F)cccc2c1CCn1nc(C(C)C)cc1-c1cncc(F)c1. The summed E-state index contributed by atoms with van der Waals surface area (Å²) in [5.41, 5.74) is 5.03. The van der Waals surface area contributed by atoms with Gasteiger partial charge in [0.15, 0.2) is 0 Å². The lowest BCUT2D eigenvalue weighted by Crippen LogP contribution is -2.06. The fraction of sp³-hybridized carbons (Fsp3) is 0.273. The van der Waals surface area contributed by atoms with Gasteiger partial charge in [0.05, 0.1) is 23.1 Å². The van der Waals surface area contributed by atoms with Crippen LogP contribution in [0.1, 0.15) is 36.7 Å². The lowest BCUT2D eigenvalue weighted by atomic mass is 10.1. The molecule has 0 bridgehead atoms. The molecule has 0 saturated carbocycles. The largest absolute Gasteiger partial charge is 0.356 e. The Kier molecular flexibility index (Phi) is 4.71. The van der Waals surface area contributed by atoms with Crippen molar-refractivity contribution in [1.29, 1.82) is 0 Å². The Bertz CT molecular complexity index is 1140. The number of para-hydroxylation sites is 1. The molecule has 1 N–H and O–H groups in total. The van der Waals surface area contributed by atoms with Gasteiger partial charge in [-0.25, -0.2) is 8.78 Å². The van der Waals surface area contributed by atoms with E-state index in [-0.39, 0.29) is 17.6 Å². The monoisotopic (exact) mass is 380 g/mol. The minimum absolute atomic E-state index is 0.250. The second-order valence-electron chi connectivity index (χ2n) is 7.37. The van der Waals surface area contributed by atoms with Crippen molar-refractivity contribution < 1.29 is 8.78 Å². The molecule has 0 amide bonds. The molecule has 0 unspecified atom stereocenters. The molecule has 0 aliphatic rings. The first-order chi connectivity index (χ1) is 13.4. The summed E-state index contributed by atoms with van der Waals surface area (Å²) in [5.74, 6) is -0.371. The van der Waals surface area contributed by atoms with E-state index >= 15 is 0 Å². The van der Waals surface area contributed by atoms with Gasteiger partial charge in [-0.1, -0.05) is 26.0 Å². The van der Waals surface area contributed by atoms with Crippen LogP contribution in [-0.2, 0) is 13.0 Å². The summed E-state index contributed by atoms with van der Waals surface area (Å²) in [6, 6.07) is 8.57. The Morgan fingerprint density at radius 1 is 1.14 bits per heavy atom. The van der Waals surface area contributed by atoms with E-state index in [1.807, 2.05) is 23.7 Å². The summed E-state index contributed by atoms with van der Waals surface area (Å²) in [4.78, 5) is 7.11. The van der Waals surface area contributed by atoms with Crippen LogP contribution in [0, 0.1) is 18.6 Å². The summed E-state index contributed by atoms with van der Waals surface area (Å²) >= 11 is 0. The first kappa shape index (κ1) is 18.3. The van der Waals surface area contributed by atoms with Gasteiger partial charge in [0, 0.05) is 29.4 Å². The number of halogens is 2. The zero-order chi connectivity index (χ0) is 19.8. The number of aryl methyl sites for hydroxylation is 3. The van der Waals surface area contributed by atoms with Crippen LogP contribution < -0.4 is 0 Å². The van der Waals surface area contributed by atoms with Crippen LogP contribution in [0.3, 0.4) is 0 Å². The second-order valence-corrected chi connectivity index (χ2v) is 7.37. The molecule has 4 aromatic rings. The number of fused-ring (bicyclic) bond motifs is 1. The van der Waals surface area contributed by atoms with Gasteiger partial charge in [-0.3, -0.25) is 9.67 Å². The molecule has 4 rings (SSSR count). The molecule has 1 aromatic carbocycles. The van der Waals surface area contributed by atoms with E-state index in [0.29, 0.717) is 24.0 Å². The topological polar surface area (TPSA) is 46.5 Å². The predicted molar refractivity (Wildman–Crippen MR) is 106 cm³/mol. The van der Waals surface area contributed by atoms with E-state index in [4.69, 9.17) is 5.10 Å². The second kappa shape index (κ2) is 7.19. The Labute approximate surface area is 162 Å². The van der Waals surface area contributed by atoms with Crippen LogP contribution in [-0.4, -0.2) is 19.7 Å². The molecular weight excluding hydrogens is 358 g/mol. The van der Waals surface area contributed by atoms with E-state index in [9.17, 15) is 8.78 Å². The van der Waals surface area contributed by atoms with Crippen LogP contribution in [0.25, 0.3) is 22.2 Å². The smallest absolute Gasteiger partial charge is 0.147 e. The highest BCUT2D eigenvalue weighted by Gasteiger charge is 2.16. The van der Waals surface area contributed by atoms with Crippen molar-refractivity contribution in [3.05, 3.63) is 71.3 Å². The summed E-state index contributed by atoms with van der Waals surface area (Å²) in [5, 5.41) is 5.62. The van der Waals surface area contributed by atoms with Gasteiger partial charge in [-0.15, -0.1) is 0 Å². The minimum atomic E-state index is -0.376. The molecule has 0 aliphatic heterocycles. The number of rotatable bonds is 5. The van der Waals surface area contributed by atoms with Crippen molar-refractivity contribution in [2.45, 2.75) is 39.7 Å². The third-order valence-electron chi connectivity index (χ3n) is 5.07. The van der Waals surface area contributed by atoms with Crippen LogP contribution in [0.2, 0.25) is 0 Å². The maximum Gasteiger partial charge on any atom is 0.147 e. The third kappa shape index (κ3) is 3.30. The fourth-order valence-corrected chi connectivity index (χ4v) is 3.58. The zero-order valence-corrected chi connectivity index (χ0v) is 16.1. The van der Waals surface area contributed by atoms with Crippen LogP contribution >= 0.6 is 0 Å². The number of hydrogen-bond acceptors (Lipinski definition) is 2. The van der Waals surface area contributed by atoms with E-state index in [2.05, 4.69) is 23.8 Å². The van der Waals surface area contributed by atoms with Gasteiger partial charge >= 0.3 is 0 Å². The molecule has 3 aromatic heterocycles. The first-order valence-electron chi connectivity index (χ1n) is 9.38. The van der Waals surface area contributed by atoms with Gasteiger partial charge in [0.2, 0.25) is 0 Å². The summed E-state index contributed by atoms with van der Waals surface area (Å²) in [7, 11) is 0. The van der Waals surface area contributed by atoms with Gasteiger partial charge < -0.3 is 4.98 Å². The number of aromatic nitrogens is 4. The Morgan fingerprint density at radius 3 is 2.71 bits per heavy atom. The predicted octanol–water partition coefficient (Wildman–Crippen LogP) is 5.38. The average molecular weight is 380 g/mol. The van der Waals surface area contributed by atoms with Crippen molar-refractivity contribution in [3.8, 4) is 11.3 Å². The summed E-state index contributed by atoms with van der Waals surface area (Å²) in [6.45, 7) is 6.71. The van der Waals surface area contributed by atoms with E-state index in [1.54, 1.807) is 12.3 Å². The van der Waals surface area contributed by atoms with Crippen molar-refractivity contribution in [2.24, 2.45) is 0 Å². The van der Waals surface area contributed by atoms with E-state index < -0.39 is 0 Å². The van der Waals surface area contributed by atoms with E-state index in [1.165, 1.54) is 18.3 Å². The normalized spacial score (nSPS) is 11.6. The molecule has 0 spiro atoms. The highest BCUT2D eigenvalue weighted by Crippen LogP contribution is 2.27. The summed E-state index contributed by atoms with van der Waals surface area (Å²) < 4.78 is 29.7. The number of aromatic amines is 1. The molecule has 144 valence electrons. The number of hydrogen-bond donors (Lipinski definition) is 1. The van der Waals surface area contributed by atoms with Crippen molar-refractivity contribution in [2.75, 3.05) is 0 Å². The minimum Gasteiger partial charge on any atom is -0.356 e. The molecule has 0 fully saturated rings. The maximum atomic E-state index is 14.1. The van der Waals surface area contributed by atoms with Crippen LogP contribution in [0.15, 0.2) is 42.7 Å². The molecule has 3 heterocycles. The Balaban J connectivity index is 1.71. The Morgan fingerprint density at radius 2 is 1.96 bits per heavy atom. The molecule has 0 aliphatic carbocycles. The third-order valence-corrected chi connectivity index (χ3v) is 5.07. The standard InChI is InChI=1S/C22H22F2N4/c1-13(2)20-10-21(15-9-16(23)12-25-11-15)28(27-20)8-7-17-14(3)26-22-18(17)5-4-6-19(22)24/h4-6,9-13,26H,7-8H2,1-3H3. The summed E-state index contributed by atoms with van der Waals surface area (Å²) in [6.07, 6.45) is 3.52. The van der Waals surface area contributed by atoms with E-state index in [0.717, 1.165) is 28.0 Å². The number of nitrogens with zero attached hydrogens (tertiary/aromatic N) is 3. The van der Waals surface area contributed by atoms with Crippen LogP contribution in [0.5, 0.6) is 0 Å². The number of nitrogens with one attached hydrogen (secondary N) is 1. The number of H-pyrrole nitrogens is 1. The number of benzene rings is 1. The Hall–Kier alpha value is -3.02. The molecule has 0 atom stereocenters. The highest BCUT2D eigenvalue weighted by atomic mass is 19.1. The quantitative estimate of drug-likeness (QED) is 0.505. The lowest BCUT2D eigenvalue weighted by Gasteiger charge is -2.08. The molecule has 0 saturated heterocycles. The van der Waals surface area contributed by atoms with Crippen molar-refractivity contribution in [3.63, 3.8) is 0 Å². The molecular formula is C22H22F2N4. The van der Waals surface area contributed by atoms with Crippen LogP contribution in [0.4, 0.5) is 8.78 Å². The molecule has 0 radical (unpaired) electrons. The molecule has 6 heteroatoms. The molecule has 28 heavy (non-hydrogen) atoms. The number of pyridine rings is 1. The fourth-order valence-electron chi connectivity index (χ4n) is 3.58.